The van der Waals surface area contributed by atoms with Crippen molar-refractivity contribution in [2.75, 3.05) is 5.75 Å². The van der Waals surface area contributed by atoms with E-state index in [2.05, 4.69) is 5.32 Å². The normalized spacial score (nSPS) is 28.1. The van der Waals surface area contributed by atoms with Gasteiger partial charge in [-0.05, 0) is 73.4 Å². The molecule has 2 aliphatic rings. The Kier molecular flexibility index (Phi) is 11.1. The number of piperidine rings is 1. The molecule has 0 aromatic heterocycles. The van der Waals surface area contributed by atoms with Gasteiger partial charge in [-0.3, -0.25) is 14.4 Å². The minimum Gasteiger partial charge on any atom is -0.393 e. The first-order valence-electron chi connectivity index (χ1n) is 15.7. The van der Waals surface area contributed by atoms with Gasteiger partial charge in [0.15, 0.2) is 0 Å². The molecule has 2 aromatic carbocycles. The molecule has 0 radical (unpaired) electrons. The van der Waals surface area contributed by atoms with E-state index in [1.165, 1.54) is 0 Å². The molecule has 3 N–H and O–H groups in total. The summed E-state index contributed by atoms with van der Waals surface area (Å²) in [4.78, 5) is 30.3. The van der Waals surface area contributed by atoms with E-state index in [-0.39, 0.29) is 53.2 Å². The fraction of sp³-hybridized carbons (Fsp3) is 0.588. The van der Waals surface area contributed by atoms with Crippen LogP contribution in [0.5, 0.6) is 0 Å². The molecule has 1 saturated carbocycles. The number of nitrogens with zero attached hydrogens (tertiary/aromatic N) is 1. The summed E-state index contributed by atoms with van der Waals surface area (Å²) in [7, 11) is -3.04. The van der Waals surface area contributed by atoms with Crippen LogP contribution in [0, 0.1) is 16.1 Å². The molecule has 1 aliphatic heterocycles. The third-order valence-corrected chi connectivity index (χ3v) is 12.4. The number of carbonyl (C=O) groups is 2. The topological polar surface area (TPSA) is 111 Å². The Morgan fingerprint density at radius 1 is 1.05 bits per heavy atom. The number of benzene rings is 2. The molecule has 2 fully saturated rings. The predicted molar refractivity (Wildman–Crippen MR) is 178 cm³/mol. The van der Waals surface area contributed by atoms with E-state index in [4.69, 9.17) is 28.0 Å². The lowest BCUT2D eigenvalue weighted by Crippen LogP contribution is -2.59. The molecule has 1 heterocycles. The first kappa shape index (κ1) is 34.7. The quantitative estimate of drug-likeness (QED) is 0.247. The van der Waals surface area contributed by atoms with Crippen LogP contribution in [0.3, 0.4) is 0 Å². The van der Waals surface area contributed by atoms with Gasteiger partial charge in [-0.15, -0.1) is 0 Å². The summed E-state index contributed by atoms with van der Waals surface area (Å²) < 4.78 is 22.4. The lowest BCUT2D eigenvalue weighted by atomic mass is 9.66. The first-order valence-corrected chi connectivity index (χ1v) is 18.2. The summed E-state index contributed by atoms with van der Waals surface area (Å²) in [6.45, 7) is 9.43. The summed E-state index contributed by atoms with van der Waals surface area (Å²) in [6, 6.07) is 14.1. The summed E-state index contributed by atoms with van der Waals surface area (Å²) in [5, 5.41) is 13.8. The Bertz CT molecular complexity index is 1420. The molecule has 2 aromatic rings. The van der Waals surface area contributed by atoms with Gasteiger partial charge < -0.3 is 15.3 Å². The van der Waals surface area contributed by atoms with Gasteiger partial charge in [-0.2, -0.15) is 0 Å². The fourth-order valence-electron chi connectivity index (χ4n) is 6.80. The summed E-state index contributed by atoms with van der Waals surface area (Å²) in [6.07, 6.45) is 2.77. The van der Waals surface area contributed by atoms with Crippen molar-refractivity contribution >= 4 is 44.7 Å². The molecule has 10 heteroatoms. The second kappa shape index (κ2) is 14.1. The molecule has 2 unspecified atom stereocenters. The van der Waals surface area contributed by atoms with Crippen molar-refractivity contribution < 1.29 is 18.9 Å². The zero-order valence-electron chi connectivity index (χ0n) is 26.4. The maximum Gasteiger partial charge on any atom is 0.229 e. The number of nitrogens with one attached hydrogen (secondary N) is 2. The van der Waals surface area contributed by atoms with Crippen LogP contribution in [0.1, 0.15) is 96.2 Å². The van der Waals surface area contributed by atoms with Crippen LogP contribution >= 0.6 is 23.2 Å². The SMILES string of the molecule is CC(C)C(CS(=N)(=O)C(C)C)N1C(=O)[C@@](C)(CC(=O)NC2CCC(O)CC2)C[C@H](c2cccc(Cl)c2)[C@H]1c1ccc(Cl)cc1. The van der Waals surface area contributed by atoms with Gasteiger partial charge in [-0.25, -0.2) is 4.21 Å². The summed E-state index contributed by atoms with van der Waals surface area (Å²) in [5.41, 5.74) is 0.759. The maximum absolute atomic E-state index is 14.9. The van der Waals surface area contributed by atoms with Crippen LogP contribution in [0.2, 0.25) is 10.0 Å². The van der Waals surface area contributed by atoms with E-state index in [1.807, 2.05) is 74.2 Å². The molecule has 4 rings (SSSR count). The minimum atomic E-state index is -3.04. The summed E-state index contributed by atoms with van der Waals surface area (Å²) >= 11 is 12.8. The minimum absolute atomic E-state index is 0.00294. The number of hydrogen-bond donors (Lipinski definition) is 3. The number of amides is 2. The lowest BCUT2D eigenvalue weighted by molar-refractivity contribution is -0.158. The number of hydrogen-bond acceptors (Lipinski definition) is 5. The number of likely N-dealkylation sites (tertiary alicyclic amines) is 1. The Hall–Kier alpha value is -2.13. The Morgan fingerprint density at radius 2 is 1.68 bits per heavy atom. The Labute approximate surface area is 273 Å². The third kappa shape index (κ3) is 7.98. The van der Waals surface area contributed by atoms with Crippen LogP contribution in [0.25, 0.3) is 0 Å². The second-order valence-electron chi connectivity index (χ2n) is 13.6. The van der Waals surface area contributed by atoms with Crippen LogP contribution in [-0.4, -0.2) is 55.2 Å². The molecule has 1 aliphatic carbocycles. The van der Waals surface area contributed by atoms with Gasteiger partial charge >= 0.3 is 0 Å². The van der Waals surface area contributed by atoms with Crippen LogP contribution in [-0.2, 0) is 19.3 Å². The number of halogens is 2. The molecule has 7 nitrogen and oxygen atoms in total. The van der Waals surface area contributed by atoms with Crippen molar-refractivity contribution in [2.45, 2.75) is 109 Å². The van der Waals surface area contributed by atoms with Crippen molar-refractivity contribution in [3.05, 3.63) is 69.7 Å². The Morgan fingerprint density at radius 3 is 2.25 bits per heavy atom. The van der Waals surface area contributed by atoms with E-state index >= 15 is 0 Å². The monoisotopic (exact) mass is 663 g/mol. The van der Waals surface area contributed by atoms with Gasteiger partial charge in [0.1, 0.15) is 0 Å². The van der Waals surface area contributed by atoms with Crippen LogP contribution in [0.4, 0.5) is 0 Å². The van der Waals surface area contributed by atoms with E-state index < -0.39 is 27.2 Å². The van der Waals surface area contributed by atoms with Crippen molar-refractivity contribution in [3.63, 3.8) is 0 Å². The highest BCUT2D eigenvalue weighted by atomic mass is 35.5. The van der Waals surface area contributed by atoms with E-state index in [9.17, 15) is 18.9 Å². The average Bonchev–Trinajstić information content (AvgIpc) is 2.95. The molecule has 242 valence electrons. The number of rotatable bonds is 10. The molecule has 44 heavy (non-hydrogen) atoms. The molecular weight excluding hydrogens is 617 g/mol. The smallest absolute Gasteiger partial charge is 0.229 e. The highest BCUT2D eigenvalue weighted by Crippen LogP contribution is 2.52. The molecular formula is C34H47Cl2N3O4S. The van der Waals surface area contributed by atoms with E-state index in [0.717, 1.165) is 11.1 Å². The molecule has 0 bridgehead atoms. The largest absolute Gasteiger partial charge is 0.393 e. The summed E-state index contributed by atoms with van der Waals surface area (Å²) in [5.74, 6) is -0.680. The fourth-order valence-corrected chi connectivity index (χ4v) is 8.57. The molecule has 1 saturated heterocycles. The van der Waals surface area contributed by atoms with Crippen molar-refractivity contribution in [3.8, 4) is 0 Å². The first-order chi connectivity index (χ1) is 20.6. The van der Waals surface area contributed by atoms with Gasteiger partial charge in [0, 0.05) is 49.4 Å². The standard InChI is InChI=1S/C34H47Cl2N3O4S/c1-21(2)30(20-44(37,43)22(3)4)39-32(23-9-11-25(35)12-10-23)29(24-7-6-8-26(36)17-24)18-34(5,33(39)42)19-31(41)38-27-13-15-28(40)16-14-27/h6-12,17,21-22,27-30,32,37,40H,13-16,18-20H2,1-5H3,(H,38,41)/t27?,28?,29-,30?,32-,34-,44?/m1/s1. The molecule has 0 spiro atoms. The maximum atomic E-state index is 14.9. The lowest BCUT2D eigenvalue weighted by Gasteiger charge is -2.53. The van der Waals surface area contributed by atoms with Crippen molar-refractivity contribution in [2.24, 2.45) is 11.3 Å². The van der Waals surface area contributed by atoms with Gasteiger partial charge in [0.05, 0.1) is 23.3 Å². The number of carbonyl (C=O) groups excluding carboxylic acids is 2. The number of aliphatic hydroxyl groups is 1. The van der Waals surface area contributed by atoms with E-state index in [1.54, 1.807) is 13.8 Å². The van der Waals surface area contributed by atoms with Crippen LogP contribution < -0.4 is 5.32 Å². The highest BCUT2D eigenvalue weighted by Gasteiger charge is 2.53. The zero-order chi connectivity index (χ0) is 32.4. The average molecular weight is 665 g/mol. The van der Waals surface area contributed by atoms with Crippen molar-refractivity contribution in [1.29, 1.82) is 4.78 Å². The van der Waals surface area contributed by atoms with Gasteiger partial charge in [0.2, 0.25) is 11.8 Å². The zero-order valence-corrected chi connectivity index (χ0v) is 28.7. The van der Waals surface area contributed by atoms with Crippen molar-refractivity contribution in [1.82, 2.24) is 10.2 Å². The predicted octanol–water partition coefficient (Wildman–Crippen LogP) is 7.35. The van der Waals surface area contributed by atoms with Gasteiger partial charge in [-0.1, -0.05) is 82.1 Å². The van der Waals surface area contributed by atoms with Crippen LogP contribution in [0.15, 0.2) is 48.5 Å². The Balaban J connectivity index is 1.83. The van der Waals surface area contributed by atoms with Gasteiger partial charge in [0.25, 0.3) is 0 Å². The third-order valence-electron chi connectivity index (χ3n) is 9.51. The highest BCUT2D eigenvalue weighted by molar-refractivity contribution is 7.93. The van der Waals surface area contributed by atoms with E-state index in [0.29, 0.717) is 42.1 Å². The second-order valence-corrected chi connectivity index (χ2v) is 17.2. The molecule has 5 atom stereocenters. The molecule has 2 amide bonds. The number of aliphatic hydroxyl groups excluding tert-OH is 1.